The van der Waals surface area contributed by atoms with Crippen LogP contribution in [0.5, 0.6) is 0 Å². The van der Waals surface area contributed by atoms with Crippen molar-refractivity contribution in [3.63, 3.8) is 0 Å². The predicted octanol–water partition coefficient (Wildman–Crippen LogP) is 1.35. The highest BCUT2D eigenvalue weighted by atomic mass is 19.4. The summed E-state index contributed by atoms with van der Waals surface area (Å²) in [6, 6.07) is -2.43. The Kier molecular flexibility index (Phi) is 4.79. The number of aliphatic carboxylic acids is 1. The molecule has 0 unspecified atom stereocenters. The standard InChI is InChI=1S/C9H15F3N2O3/c1-8(2,3)5(6(15)16)14-7(17)13-4-9(10,11)12/h5H,4H2,1-3H3,(H,15,16)(H2,13,14,17)/t5-/m1/s1. The molecule has 0 rings (SSSR count). The number of amides is 2. The van der Waals surface area contributed by atoms with Crippen LogP contribution in [0.15, 0.2) is 0 Å². The fraction of sp³-hybridized carbons (Fsp3) is 0.778. The van der Waals surface area contributed by atoms with E-state index in [1.807, 2.05) is 5.32 Å². The van der Waals surface area contributed by atoms with E-state index >= 15 is 0 Å². The van der Waals surface area contributed by atoms with Crippen LogP contribution in [0.3, 0.4) is 0 Å². The third-order valence-electron chi connectivity index (χ3n) is 1.84. The molecule has 0 saturated carbocycles. The lowest BCUT2D eigenvalue weighted by Gasteiger charge is -2.27. The summed E-state index contributed by atoms with van der Waals surface area (Å²) in [5.74, 6) is -1.31. The van der Waals surface area contributed by atoms with Crippen molar-refractivity contribution in [3.05, 3.63) is 0 Å². The van der Waals surface area contributed by atoms with Crippen molar-refractivity contribution in [2.24, 2.45) is 5.41 Å². The Hall–Kier alpha value is -1.47. The van der Waals surface area contributed by atoms with Gasteiger partial charge in [0.25, 0.3) is 0 Å². The van der Waals surface area contributed by atoms with Gasteiger partial charge in [-0.15, -0.1) is 0 Å². The highest BCUT2D eigenvalue weighted by molar-refractivity contribution is 5.83. The minimum absolute atomic E-state index is 0.804. The number of nitrogens with one attached hydrogen (secondary N) is 2. The Bertz CT molecular complexity index is 297. The molecule has 0 saturated heterocycles. The third-order valence-corrected chi connectivity index (χ3v) is 1.84. The van der Waals surface area contributed by atoms with Crippen molar-refractivity contribution in [1.29, 1.82) is 0 Å². The summed E-state index contributed by atoms with van der Waals surface area (Å²) in [5.41, 5.74) is -0.804. The molecule has 5 nitrogen and oxygen atoms in total. The van der Waals surface area contributed by atoms with Crippen molar-refractivity contribution in [2.75, 3.05) is 6.54 Å². The van der Waals surface area contributed by atoms with E-state index in [1.165, 1.54) is 0 Å². The van der Waals surface area contributed by atoms with E-state index in [2.05, 4.69) is 0 Å². The highest BCUT2D eigenvalue weighted by Gasteiger charge is 2.34. The van der Waals surface area contributed by atoms with Crippen LogP contribution >= 0.6 is 0 Å². The van der Waals surface area contributed by atoms with Gasteiger partial charge >= 0.3 is 18.2 Å². The topological polar surface area (TPSA) is 78.4 Å². The van der Waals surface area contributed by atoms with Crippen LogP contribution in [0.25, 0.3) is 0 Å². The van der Waals surface area contributed by atoms with Gasteiger partial charge < -0.3 is 15.7 Å². The number of hydrogen-bond donors (Lipinski definition) is 3. The summed E-state index contributed by atoms with van der Waals surface area (Å²) in [6.45, 7) is 3.15. The maximum absolute atomic E-state index is 11.8. The zero-order valence-electron chi connectivity index (χ0n) is 9.68. The number of carbonyl (C=O) groups is 2. The van der Waals surface area contributed by atoms with Crippen molar-refractivity contribution < 1.29 is 27.9 Å². The number of hydrogen-bond acceptors (Lipinski definition) is 2. The van der Waals surface area contributed by atoms with Gasteiger partial charge in [0, 0.05) is 0 Å². The van der Waals surface area contributed by atoms with Crippen LogP contribution in [-0.4, -0.2) is 35.9 Å². The van der Waals surface area contributed by atoms with Crippen LogP contribution in [0.4, 0.5) is 18.0 Å². The van der Waals surface area contributed by atoms with Gasteiger partial charge in [-0.1, -0.05) is 20.8 Å². The van der Waals surface area contributed by atoms with Gasteiger partial charge in [0.05, 0.1) is 0 Å². The number of carboxylic acid groups (broad SMARTS) is 1. The first-order chi connectivity index (χ1) is 7.43. The Morgan fingerprint density at radius 1 is 1.24 bits per heavy atom. The summed E-state index contributed by atoms with van der Waals surface area (Å²) in [6.07, 6.45) is -4.53. The van der Waals surface area contributed by atoms with Crippen LogP contribution in [0.2, 0.25) is 0 Å². The van der Waals surface area contributed by atoms with Crippen molar-refractivity contribution in [3.8, 4) is 0 Å². The van der Waals surface area contributed by atoms with Crippen molar-refractivity contribution in [1.82, 2.24) is 10.6 Å². The molecule has 0 heterocycles. The molecule has 0 fully saturated rings. The van der Waals surface area contributed by atoms with Crippen molar-refractivity contribution >= 4 is 12.0 Å². The number of halogens is 3. The van der Waals surface area contributed by atoms with Crippen LogP contribution in [0, 0.1) is 5.41 Å². The van der Waals surface area contributed by atoms with Gasteiger partial charge in [-0.2, -0.15) is 13.2 Å². The average Bonchev–Trinajstić information content (AvgIpc) is 2.07. The Balaban J connectivity index is 4.39. The number of carbonyl (C=O) groups excluding carboxylic acids is 1. The lowest BCUT2D eigenvalue weighted by atomic mass is 9.87. The van der Waals surface area contributed by atoms with Crippen molar-refractivity contribution in [2.45, 2.75) is 33.0 Å². The maximum Gasteiger partial charge on any atom is 0.405 e. The zero-order chi connectivity index (χ0) is 13.9. The molecule has 100 valence electrons. The Morgan fingerprint density at radius 2 is 1.71 bits per heavy atom. The molecule has 17 heavy (non-hydrogen) atoms. The fourth-order valence-electron chi connectivity index (χ4n) is 1.01. The van der Waals surface area contributed by atoms with E-state index in [-0.39, 0.29) is 0 Å². The first kappa shape index (κ1) is 15.5. The monoisotopic (exact) mass is 256 g/mol. The molecule has 0 aliphatic carbocycles. The normalized spacial score (nSPS) is 14.0. The highest BCUT2D eigenvalue weighted by Crippen LogP contribution is 2.19. The van der Waals surface area contributed by atoms with E-state index in [4.69, 9.17) is 5.11 Å². The second kappa shape index (κ2) is 5.24. The summed E-state index contributed by atoms with van der Waals surface area (Å²) >= 11 is 0. The van der Waals surface area contributed by atoms with Crippen LogP contribution in [0.1, 0.15) is 20.8 Å². The molecule has 0 aliphatic heterocycles. The molecule has 1 atom stereocenters. The molecule has 0 aliphatic rings. The summed E-state index contributed by atoms with van der Waals surface area (Å²) in [5, 5.41) is 12.3. The Labute approximate surface area is 96.4 Å². The molecule has 0 aromatic carbocycles. The number of alkyl halides is 3. The van der Waals surface area contributed by atoms with Gasteiger partial charge in [-0.3, -0.25) is 0 Å². The molecule has 3 N–H and O–H groups in total. The molecule has 0 aromatic rings. The van der Waals surface area contributed by atoms with E-state index in [0.717, 1.165) is 0 Å². The first-order valence-electron chi connectivity index (χ1n) is 4.77. The molecule has 2 amide bonds. The number of carboxylic acids is 1. The van der Waals surface area contributed by atoms with Crippen LogP contribution < -0.4 is 10.6 Å². The summed E-state index contributed by atoms with van der Waals surface area (Å²) in [7, 11) is 0. The van der Waals surface area contributed by atoms with Crippen LogP contribution in [-0.2, 0) is 4.79 Å². The van der Waals surface area contributed by atoms with E-state index < -0.39 is 36.2 Å². The maximum atomic E-state index is 11.8. The van der Waals surface area contributed by atoms with Gasteiger partial charge in [0.1, 0.15) is 12.6 Å². The predicted molar refractivity (Wildman–Crippen MR) is 53.5 cm³/mol. The number of urea groups is 1. The zero-order valence-corrected chi connectivity index (χ0v) is 9.68. The smallest absolute Gasteiger partial charge is 0.405 e. The van der Waals surface area contributed by atoms with E-state index in [9.17, 15) is 22.8 Å². The molecule has 0 spiro atoms. The number of rotatable bonds is 3. The van der Waals surface area contributed by atoms with E-state index in [0.29, 0.717) is 0 Å². The molecule has 0 bridgehead atoms. The fourth-order valence-corrected chi connectivity index (χ4v) is 1.01. The molecule has 0 radical (unpaired) electrons. The first-order valence-corrected chi connectivity index (χ1v) is 4.77. The molecular weight excluding hydrogens is 241 g/mol. The summed E-state index contributed by atoms with van der Waals surface area (Å²) < 4.78 is 35.4. The minimum Gasteiger partial charge on any atom is -0.480 e. The average molecular weight is 256 g/mol. The van der Waals surface area contributed by atoms with Gasteiger partial charge in [0.15, 0.2) is 0 Å². The van der Waals surface area contributed by atoms with Gasteiger partial charge in [0.2, 0.25) is 0 Å². The molecule has 0 aromatic heterocycles. The third kappa shape index (κ3) is 6.64. The second-order valence-electron chi connectivity index (χ2n) is 4.58. The second-order valence-corrected chi connectivity index (χ2v) is 4.58. The van der Waals surface area contributed by atoms with Gasteiger partial charge in [-0.05, 0) is 5.41 Å². The summed E-state index contributed by atoms with van der Waals surface area (Å²) in [4.78, 5) is 21.9. The lowest BCUT2D eigenvalue weighted by molar-refractivity contribution is -0.141. The molecular formula is C9H15F3N2O3. The largest absolute Gasteiger partial charge is 0.480 e. The minimum atomic E-state index is -4.53. The lowest BCUT2D eigenvalue weighted by Crippen LogP contribution is -2.53. The van der Waals surface area contributed by atoms with E-state index in [1.54, 1.807) is 26.1 Å². The SMILES string of the molecule is CC(C)(C)[C@H](NC(=O)NCC(F)(F)F)C(=O)O. The Morgan fingerprint density at radius 3 is 2.00 bits per heavy atom. The quantitative estimate of drug-likeness (QED) is 0.713. The molecule has 8 heteroatoms. The van der Waals surface area contributed by atoms with Gasteiger partial charge in [-0.25, -0.2) is 9.59 Å².